The molecular weight excluding hydrogens is 249 g/mol. The van der Waals surface area contributed by atoms with Crippen molar-refractivity contribution in [2.24, 2.45) is 5.84 Å². The lowest BCUT2D eigenvalue weighted by Gasteiger charge is -2.06. The van der Waals surface area contributed by atoms with Gasteiger partial charge < -0.3 is 4.74 Å². The van der Waals surface area contributed by atoms with Crippen molar-refractivity contribution in [2.75, 3.05) is 5.43 Å². The minimum atomic E-state index is -0.719. The van der Waals surface area contributed by atoms with Crippen LogP contribution >= 0.6 is 11.6 Å². The van der Waals surface area contributed by atoms with Crippen molar-refractivity contribution in [3.8, 4) is 11.6 Å². The second kappa shape index (κ2) is 4.89. The van der Waals surface area contributed by atoms with Gasteiger partial charge in [0.25, 0.3) is 5.88 Å². The predicted octanol–water partition coefficient (Wildman–Crippen LogP) is 1.74. The number of nitrogen functional groups attached to an aromatic ring is 1. The maximum absolute atomic E-state index is 13.3. The van der Waals surface area contributed by atoms with E-state index >= 15 is 0 Å². The summed E-state index contributed by atoms with van der Waals surface area (Å²) in [5.74, 6) is 4.42. The molecule has 0 radical (unpaired) electrons. The van der Waals surface area contributed by atoms with Crippen molar-refractivity contribution >= 4 is 17.5 Å². The lowest BCUT2D eigenvalue weighted by Crippen LogP contribution is -2.11. The summed E-state index contributed by atoms with van der Waals surface area (Å²) in [6, 6.07) is 1.48. The van der Waals surface area contributed by atoms with Crippen LogP contribution < -0.4 is 16.0 Å². The van der Waals surface area contributed by atoms with Crippen molar-refractivity contribution in [1.29, 1.82) is 0 Å². The second-order valence-electron chi connectivity index (χ2n) is 2.93. The number of anilines is 1. The average molecular weight is 256 g/mol. The summed E-state index contributed by atoms with van der Waals surface area (Å²) in [7, 11) is 0. The molecule has 0 aliphatic heterocycles. The van der Waals surface area contributed by atoms with Gasteiger partial charge in [0.05, 0.1) is 17.4 Å². The fourth-order valence-corrected chi connectivity index (χ4v) is 1.22. The zero-order valence-corrected chi connectivity index (χ0v) is 9.15. The van der Waals surface area contributed by atoms with Crippen molar-refractivity contribution < 1.29 is 9.13 Å². The van der Waals surface area contributed by atoms with Crippen LogP contribution in [0.15, 0.2) is 24.7 Å². The maximum Gasteiger partial charge on any atom is 0.260 e. The monoisotopic (exact) mass is 255 g/mol. The molecule has 0 spiro atoms. The van der Waals surface area contributed by atoms with E-state index in [9.17, 15) is 4.39 Å². The molecule has 17 heavy (non-hydrogen) atoms. The van der Waals surface area contributed by atoms with E-state index in [1.54, 1.807) is 0 Å². The van der Waals surface area contributed by atoms with E-state index in [1.807, 2.05) is 0 Å². The molecule has 8 heteroatoms. The highest BCUT2D eigenvalue weighted by molar-refractivity contribution is 6.30. The van der Waals surface area contributed by atoms with E-state index < -0.39 is 5.82 Å². The van der Waals surface area contributed by atoms with Gasteiger partial charge in [-0.25, -0.2) is 10.8 Å². The van der Waals surface area contributed by atoms with E-state index in [-0.39, 0.29) is 17.6 Å². The number of hydrogen-bond acceptors (Lipinski definition) is 6. The number of nitrogens with one attached hydrogen (secondary N) is 1. The molecule has 0 atom stereocenters. The lowest BCUT2D eigenvalue weighted by molar-refractivity contribution is 0.419. The molecule has 0 fully saturated rings. The molecule has 0 bridgehead atoms. The predicted molar refractivity (Wildman–Crippen MR) is 59.1 cm³/mol. The first-order valence-corrected chi connectivity index (χ1v) is 4.84. The van der Waals surface area contributed by atoms with Crippen LogP contribution in [-0.2, 0) is 0 Å². The van der Waals surface area contributed by atoms with Crippen LogP contribution in [-0.4, -0.2) is 15.0 Å². The topological polar surface area (TPSA) is 86.0 Å². The van der Waals surface area contributed by atoms with E-state index in [0.717, 1.165) is 6.20 Å². The summed E-state index contributed by atoms with van der Waals surface area (Å²) < 4.78 is 18.5. The highest BCUT2D eigenvalue weighted by Crippen LogP contribution is 2.23. The third kappa shape index (κ3) is 2.77. The Labute approximate surface area is 101 Å². The minimum absolute atomic E-state index is 0.0383. The Hall–Kier alpha value is -1.99. The fraction of sp³-hybridized carbons (Fsp3) is 0. The number of halogens is 2. The average Bonchev–Trinajstić information content (AvgIpc) is 2.32. The van der Waals surface area contributed by atoms with E-state index in [2.05, 4.69) is 20.4 Å². The molecule has 2 aromatic heterocycles. The summed E-state index contributed by atoms with van der Waals surface area (Å²) in [6.45, 7) is 0. The van der Waals surface area contributed by atoms with Crippen LogP contribution in [0.3, 0.4) is 0 Å². The molecule has 2 rings (SSSR count). The number of rotatable bonds is 3. The number of pyridine rings is 1. The Morgan fingerprint density at radius 2 is 2.18 bits per heavy atom. The molecule has 2 aromatic rings. The first-order chi connectivity index (χ1) is 8.19. The molecule has 0 aliphatic rings. The van der Waals surface area contributed by atoms with Gasteiger partial charge in [-0.2, -0.15) is 9.37 Å². The Kier molecular flexibility index (Phi) is 3.31. The van der Waals surface area contributed by atoms with Gasteiger partial charge >= 0.3 is 0 Å². The van der Waals surface area contributed by atoms with Crippen molar-refractivity contribution in [3.05, 3.63) is 35.5 Å². The van der Waals surface area contributed by atoms with Gasteiger partial charge in [0, 0.05) is 12.3 Å². The van der Waals surface area contributed by atoms with Gasteiger partial charge in [0.15, 0.2) is 0 Å². The van der Waals surface area contributed by atoms with Crippen LogP contribution in [0.25, 0.3) is 0 Å². The molecule has 0 unspecified atom stereocenters. The number of nitrogens with zero attached hydrogens (tertiary/aromatic N) is 3. The SMILES string of the molecule is NNc1ncc(F)c(Oc2cncc(Cl)c2)n1. The smallest absolute Gasteiger partial charge is 0.260 e. The number of ether oxygens (including phenoxy) is 1. The van der Waals surface area contributed by atoms with Gasteiger partial charge in [-0.05, 0) is 0 Å². The summed E-state index contributed by atoms with van der Waals surface area (Å²) in [5, 5.41) is 0.370. The van der Waals surface area contributed by atoms with Gasteiger partial charge in [-0.3, -0.25) is 10.4 Å². The number of aromatic nitrogens is 3. The fourth-order valence-electron chi connectivity index (χ4n) is 1.05. The molecule has 3 N–H and O–H groups in total. The van der Waals surface area contributed by atoms with Gasteiger partial charge in [0.2, 0.25) is 11.8 Å². The molecule has 0 aromatic carbocycles. The zero-order chi connectivity index (χ0) is 12.3. The van der Waals surface area contributed by atoms with E-state index in [0.29, 0.717) is 5.02 Å². The summed E-state index contributed by atoms with van der Waals surface area (Å²) >= 11 is 5.71. The molecule has 0 aliphatic carbocycles. The quantitative estimate of drug-likeness (QED) is 0.642. The standard InChI is InChI=1S/C9H7ClFN5O/c10-5-1-6(3-13-2-5)17-8-7(11)4-14-9(15-8)16-12/h1-4H,12H2,(H,14,15,16). The van der Waals surface area contributed by atoms with Crippen molar-refractivity contribution in [2.45, 2.75) is 0 Å². The second-order valence-corrected chi connectivity index (χ2v) is 3.37. The molecular formula is C9H7ClFN5O. The van der Waals surface area contributed by atoms with Gasteiger partial charge in [-0.1, -0.05) is 11.6 Å². The molecule has 0 saturated heterocycles. The van der Waals surface area contributed by atoms with Crippen LogP contribution in [0.1, 0.15) is 0 Å². The summed E-state index contributed by atoms with van der Waals surface area (Å²) in [6.07, 6.45) is 3.75. The summed E-state index contributed by atoms with van der Waals surface area (Å²) in [5.41, 5.74) is 2.18. The Balaban J connectivity index is 2.29. The zero-order valence-electron chi connectivity index (χ0n) is 8.39. The lowest BCUT2D eigenvalue weighted by atomic mass is 10.4. The Bertz CT molecular complexity index is 539. The van der Waals surface area contributed by atoms with Crippen LogP contribution in [0, 0.1) is 5.82 Å². The number of hydrazine groups is 1. The molecule has 2 heterocycles. The van der Waals surface area contributed by atoms with Crippen LogP contribution in [0.4, 0.5) is 10.3 Å². The maximum atomic E-state index is 13.3. The summed E-state index contributed by atoms with van der Waals surface area (Å²) in [4.78, 5) is 11.1. The van der Waals surface area contributed by atoms with E-state index in [4.69, 9.17) is 22.2 Å². The minimum Gasteiger partial charge on any atom is -0.435 e. The number of nitrogens with two attached hydrogens (primary N) is 1. The Morgan fingerprint density at radius 1 is 1.35 bits per heavy atom. The van der Waals surface area contributed by atoms with Gasteiger partial charge in [-0.15, -0.1) is 0 Å². The molecule has 88 valence electrons. The first kappa shape index (κ1) is 11.5. The van der Waals surface area contributed by atoms with Crippen LogP contribution in [0.5, 0.6) is 11.6 Å². The first-order valence-electron chi connectivity index (χ1n) is 4.46. The van der Waals surface area contributed by atoms with Crippen molar-refractivity contribution in [1.82, 2.24) is 15.0 Å². The highest BCUT2D eigenvalue weighted by Gasteiger charge is 2.09. The third-order valence-electron chi connectivity index (χ3n) is 1.74. The Morgan fingerprint density at radius 3 is 2.88 bits per heavy atom. The van der Waals surface area contributed by atoms with E-state index in [1.165, 1.54) is 18.5 Å². The molecule has 6 nitrogen and oxygen atoms in total. The number of hydrogen-bond donors (Lipinski definition) is 2. The molecule has 0 amide bonds. The largest absolute Gasteiger partial charge is 0.435 e. The van der Waals surface area contributed by atoms with Crippen molar-refractivity contribution in [3.63, 3.8) is 0 Å². The normalized spacial score (nSPS) is 10.1. The highest BCUT2D eigenvalue weighted by atomic mass is 35.5. The third-order valence-corrected chi connectivity index (χ3v) is 1.94. The molecule has 0 saturated carbocycles. The van der Waals surface area contributed by atoms with Gasteiger partial charge in [0.1, 0.15) is 5.75 Å². The van der Waals surface area contributed by atoms with Crippen LogP contribution in [0.2, 0.25) is 5.02 Å².